The van der Waals surface area contributed by atoms with Gasteiger partial charge in [0.1, 0.15) is 17.3 Å². The molecule has 3 heterocycles. The number of amides is 1. The molecule has 0 fully saturated rings. The number of carbonyl (C=O) groups excluding carboxylic acids is 1. The summed E-state index contributed by atoms with van der Waals surface area (Å²) < 4.78 is 7.41. The zero-order valence-corrected chi connectivity index (χ0v) is 21.0. The number of hydrogen-bond donors (Lipinski definition) is 2. The van der Waals surface area contributed by atoms with Crippen LogP contribution in [0.2, 0.25) is 0 Å². The van der Waals surface area contributed by atoms with Gasteiger partial charge in [-0.25, -0.2) is 4.68 Å². The van der Waals surface area contributed by atoms with Crippen molar-refractivity contribution in [1.82, 2.24) is 14.8 Å². The van der Waals surface area contributed by atoms with Crippen LogP contribution in [0.15, 0.2) is 116 Å². The van der Waals surface area contributed by atoms with Crippen LogP contribution in [-0.2, 0) is 0 Å². The highest BCUT2D eigenvalue weighted by molar-refractivity contribution is 6.04. The van der Waals surface area contributed by atoms with E-state index in [-0.39, 0.29) is 28.9 Å². The van der Waals surface area contributed by atoms with E-state index in [0.717, 1.165) is 16.8 Å². The van der Waals surface area contributed by atoms with E-state index in [2.05, 4.69) is 26.8 Å². The molecule has 1 aliphatic heterocycles. The van der Waals surface area contributed by atoms with Gasteiger partial charge in [0.15, 0.2) is 5.69 Å². The molecule has 0 spiro atoms. The lowest BCUT2D eigenvalue weighted by molar-refractivity contribution is -0.384. The number of fused-ring (bicyclic) bond motifs is 1. The van der Waals surface area contributed by atoms with E-state index in [9.17, 15) is 14.9 Å². The van der Waals surface area contributed by atoms with Crippen molar-refractivity contribution in [3.05, 3.63) is 142 Å². The minimum Gasteiger partial charge on any atom is -0.455 e. The first-order valence-electron chi connectivity index (χ1n) is 12.4. The van der Waals surface area contributed by atoms with E-state index in [1.165, 1.54) is 24.4 Å². The van der Waals surface area contributed by atoms with Crippen molar-refractivity contribution >= 4 is 28.8 Å². The highest BCUT2D eigenvalue weighted by Gasteiger charge is 2.25. The SMILES string of the molecule is O=C(Nc1cc(Oc2cccnc2)cc([N+](=O)[O-])c1)c1cc2n(n1)C(c1ccccc1)=CC(c1ccccc1)N2. The van der Waals surface area contributed by atoms with Gasteiger partial charge in [-0.2, -0.15) is 5.10 Å². The molecule has 10 heteroatoms. The predicted molar refractivity (Wildman–Crippen MR) is 150 cm³/mol. The molecule has 1 atom stereocenters. The molecule has 196 valence electrons. The average Bonchev–Trinajstić information content (AvgIpc) is 3.43. The summed E-state index contributed by atoms with van der Waals surface area (Å²) in [5, 5.41) is 22.3. The Bertz CT molecular complexity index is 1720. The average molecular weight is 531 g/mol. The maximum absolute atomic E-state index is 13.3. The molecule has 1 aliphatic rings. The number of benzene rings is 3. The van der Waals surface area contributed by atoms with Crippen LogP contribution < -0.4 is 15.4 Å². The highest BCUT2D eigenvalue weighted by Crippen LogP contribution is 2.34. The van der Waals surface area contributed by atoms with Crippen LogP contribution in [-0.4, -0.2) is 25.6 Å². The van der Waals surface area contributed by atoms with Gasteiger partial charge in [-0.05, 0) is 23.8 Å². The Balaban J connectivity index is 1.31. The van der Waals surface area contributed by atoms with Crippen LogP contribution in [0.3, 0.4) is 0 Å². The Hall–Kier alpha value is -5.77. The number of nitro groups is 1. The van der Waals surface area contributed by atoms with Gasteiger partial charge in [0.25, 0.3) is 11.6 Å². The van der Waals surface area contributed by atoms with Crippen molar-refractivity contribution in [1.29, 1.82) is 0 Å². The smallest absolute Gasteiger partial charge is 0.276 e. The standard InChI is InChI=1S/C30H22N6O4/c37-30(32-22-14-23(36(38)39)16-25(15-22)40-24-12-7-13-31-19-24)27-18-29-33-26(20-8-3-1-4-9-20)17-28(35(29)34-27)21-10-5-2-6-11-21/h1-19,26,33H,(H,32,37). The van der Waals surface area contributed by atoms with Crippen molar-refractivity contribution in [2.75, 3.05) is 10.6 Å². The number of nitrogens with zero attached hydrogens (tertiary/aromatic N) is 4. The maximum Gasteiger partial charge on any atom is 0.276 e. The van der Waals surface area contributed by atoms with Gasteiger partial charge in [0.2, 0.25) is 0 Å². The van der Waals surface area contributed by atoms with E-state index in [4.69, 9.17) is 4.74 Å². The monoisotopic (exact) mass is 530 g/mol. The van der Waals surface area contributed by atoms with Gasteiger partial charge in [-0.3, -0.25) is 19.9 Å². The summed E-state index contributed by atoms with van der Waals surface area (Å²) in [5.74, 6) is 0.699. The fourth-order valence-electron chi connectivity index (χ4n) is 4.43. The molecular formula is C30H22N6O4. The fourth-order valence-corrected chi connectivity index (χ4v) is 4.43. The van der Waals surface area contributed by atoms with Crippen LogP contribution in [0.25, 0.3) is 5.70 Å². The fraction of sp³-hybridized carbons (Fsp3) is 0.0333. The topological polar surface area (TPSA) is 124 Å². The molecule has 3 aromatic carbocycles. The summed E-state index contributed by atoms with van der Waals surface area (Å²) in [6.07, 6.45) is 5.14. The maximum atomic E-state index is 13.3. The molecule has 10 nitrogen and oxygen atoms in total. The van der Waals surface area contributed by atoms with Gasteiger partial charge in [-0.15, -0.1) is 0 Å². The lowest BCUT2D eigenvalue weighted by Gasteiger charge is -2.25. The third kappa shape index (κ3) is 5.14. The number of carbonyl (C=O) groups is 1. The normalized spacial score (nSPS) is 13.9. The number of nitro benzene ring substituents is 1. The molecule has 1 unspecified atom stereocenters. The number of hydrogen-bond acceptors (Lipinski definition) is 7. The molecule has 40 heavy (non-hydrogen) atoms. The largest absolute Gasteiger partial charge is 0.455 e. The Kier molecular flexibility index (Phi) is 6.47. The van der Waals surface area contributed by atoms with Gasteiger partial charge in [0, 0.05) is 30.0 Å². The van der Waals surface area contributed by atoms with Crippen LogP contribution in [0, 0.1) is 10.1 Å². The van der Waals surface area contributed by atoms with E-state index in [1.807, 2.05) is 60.7 Å². The summed E-state index contributed by atoms with van der Waals surface area (Å²) in [6, 6.07) is 28.7. The minimum atomic E-state index is -0.550. The number of ether oxygens (including phenoxy) is 1. The second-order valence-electron chi connectivity index (χ2n) is 8.99. The van der Waals surface area contributed by atoms with Crippen LogP contribution >= 0.6 is 0 Å². The summed E-state index contributed by atoms with van der Waals surface area (Å²) in [7, 11) is 0. The third-order valence-electron chi connectivity index (χ3n) is 6.26. The van der Waals surface area contributed by atoms with E-state index >= 15 is 0 Å². The molecule has 0 saturated heterocycles. The Morgan fingerprint density at radius 1 is 0.950 bits per heavy atom. The number of non-ortho nitro benzene ring substituents is 1. The van der Waals surface area contributed by atoms with E-state index in [0.29, 0.717) is 11.6 Å². The molecule has 5 aromatic rings. The van der Waals surface area contributed by atoms with Crippen molar-refractivity contribution in [2.45, 2.75) is 6.04 Å². The number of nitrogens with one attached hydrogen (secondary N) is 2. The molecule has 0 radical (unpaired) electrons. The number of rotatable bonds is 7. The number of aromatic nitrogens is 3. The number of pyridine rings is 1. The van der Waals surface area contributed by atoms with Gasteiger partial charge in [-0.1, -0.05) is 60.7 Å². The minimum absolute atomic E-state index is 0.138. The molecule has 2 aromatic heterocycles. The molecule has 6 rings (SSSR count). The third-order valence-corrected chi connectivity index (χ3v) is 6.26. The van der Waals surface area contributed by atoms with Crippen molar-refractivity contribution < 1.29 is 14.5 Å². The predicted octanol–water partition coefficient (Wildman–Crippen LogP) is 6.29. The number of anilines is 2. The molecule has 2 N–H and O–H groups in total. The van der Waals surface area contributed by atoms with Crippen LogP contribution in [0.4, 0.5) is 17.2 Å². The lowest BCUT2D eigenvalue weighted by atomic mass is 10.0. The Morgan fingerprint density at radius 3 is 2.45 bits per heavy atom. The van der Waals surface area contributed by atoms with E-state index in [1.54, 1.807) is 29.1 Å². The lowest BCUT2D eigenvalue weighted by Crippen LogP contribution is -2.19. The summed E-state index contributed by atoms with van der Waals surface area (Å²) in [5.41, 5.74) is 2.92. The summed E-state index contributed by atoms with van der Waals surface area (Å²) in [6.45, 7) is 0. The molecule has 0 bridgehead atoms. The second kappa shape index (κ2) is 10.5. The molecule has 0 saturated carbocycles. The summed E-state index contributed by atoms with van der Waals surface area (Å²) >= 11 is 0. The summed E-state index contributed by atoms with van der Waals surface area (Å²) in [4.78, 5) is 28.3. The van der Waals surface area contributed by atoms with Crippen molar-refractivity contribution in [2.24, 2.45) is 0 Å². The molecular weight excluding hydrogens is 508 g/mol. The van der Waals surface area contributed by atoms with Crippen molar-refractivity contribution in [3.63, 3.8) is 0 Å². The Morgan fingerprint density at radius 2 is 1.73 bits per heavy atom. The van der Waals surface area contributed by atoms with Crippen LogP contribution in [0.5, 0.6) is 11.5 Å². The van der Waals surface area contributed by atoms with Gasteiger partial charge in [0.05, 0.1) is 34.6 Å². The Labute approximate surface area is 228 Å². The van der Waals surface area contributed by atoms with Gasteiger partial charge >= 0.3 is 0 Å². The molecule has 0 aliphatic carbocycles. The van der Waals surface area contributed by atoms with E-state index < -0.39 is 10.8 Å². The first-order valence-corrected chi connectivity index (χ1v) is 12.4. The van der Waals surface area contributed by atoms with Crippen LogP contribution in [0.1, 0.15) is 27.7 Å². The zero-order chi connectivity index (χ0) is 27.5. The second-order valence-corrected chi connectivity index (χ2v) is 8.99. The molecule has 1 amide bonds. The highest BCUT2D eigenvalue weighted by atomic mass is 16.6. The van der Waals surface area contributed by atoms with Crippen molar-refractivity contribution in [3.8, 4) is 11.5 Å². The first-order chi connectivity index (χ1) is 19.5. The zero-order valence-electron chi connectivity index (χ0n) is 21.0. The van der Waals surface area contributed by atoms with Gasteiger partial charge < -0.3 is 15.4 Å². The quantitative estimate of drug-likeness (QED) is 0.187. The first kappa shape index (κ1) is 24.6.